The van der Waals surface area contributed by atoms with E-state index in [0.29, 0.717) is 17.7 Å². The van der Waals surface area contributed by atoms with Crippen LogP contribution in [0.5, 0.6) is 0 Å². The van der Waals surface area contributed by atoms with E-state index in [-0.39, 0.29) is 5.91 Å². The second-order valence-electron chi connectivity index (χ2n) is 5.32. The van der Waals surface area contributed by atoms with Crippen LogP contribution in [-0.4, -0.2) is 23.0 Å². The first-order valence-electron chi connectivity index (χ1n) is 7.27. The average Bonchev–Trinajstić information content (AvgIpc) is 2.55. The van der Waals surface area contributed by atoms with Crippen LogP contribution >= 0.6 is 0 Å². The minimum Gasteiger partial charge on any atom is -0.479 e. The first kappa shape index (κ1) is 14.8. The van der Waals surface area contributed by atoms with Gasteiger partial charge in [-0.3, -0.25) is 4.79 Å². The first-order chi connectivity index (χ1) is 11.1. The fourth-order valence-electron chi connectivity index (χ4n) is 2.61. The van der Waals surface area contributed by atoms with Gasteiger partial charge in [-0.1, -0.05) is 36.4 Å². The molecule has 2 aromatic carbocycles. The Labute approximate surface area is 133 Å². The van der Waals surface area contributed by atoms with Gasteiger partial charge >= 0.3 is 5.97 Å². The van der Waals surface area contributed by atoms with Crippen molar-refractivity contribution in [1.82, 2.24) is 0 Å². The number of fused-ring (bicyclic) bond motifs is 1. The van der Waals surface area contributed by atoms with Crippen molar-refractivity contribution in [3.05, 3.63) is 71.8 Å². The molecular weight excluding hydrogens is 292 g/mol. The van der Waals surface area contributed by atoms with Crippen LogP contribution in [-0.2, 0) is 16.0 Å². The van der Waals surface area contributed by atoms with Crippen molar-refractivity contribution >= 4 is 23.3 Å². The molecule has 1 unspecified atom stereocenters. The summed E-state index contributed by atoms with van der Waals surface area (Å²) in [4.78, 5) is 23.6. The topological polar surface area (TPSA) is 78.4 Å². The van der Waals surface area contributed by atoms with Gasteiger partial charge in [0.25, 0.3) is 0 Å². The van der Waals surface area contributed by atoms with Crippen molar-refractivity contribution in [1.29, 1.82) is 0 Å². The molecule has 0 saturated heterocycles. The zero-order chi connectivity index (χ0) is 16.2. The van der Waals surface area contributed by atoms with E-state index in [9.17, 15) is 14.7 Å². The Morgan fingerprint density at radius 2 is 1.78 bits per heavy atom. The molecule has 1 amide bonds. The quantitative estimate of drug-likeness (QED) is 0.762. The van der Waals surface area contributed by atoms with Crippen molar-refractivity contribution in [2.75, 3.05) is 10.6 Å². The monoisotopic (exact) mass is 308 g/mol. The van der Waals surface area contributed by atoms with Crippen LogP contribution in [0.25, 0.3) is 0 Å². The Balaban J connectivity index is 1.84. The minimum absolute atomic E-state index is 0.335. The van der Waals surface area contributed by atoms with Crippen molar-refractivity contribution in [2.24, 2.45) is 0 Å². The molecule has 0 bridgehead atoms. The lowest BCUT2D eigenvalue weighted by molar-refractivity contribution is -0.137. The molecule has 1 heterocycles. The molecule has 0 spiro atoms. The lowest BCUT2D eigenvalue weighted by atomic mass is 9.92. The molecule has 2 aromatic rings. The zero-order valence-corrected chi connectivity index (χ0v) is 12.3. The Kier molecular flexibility index (Phi) is 4.10. The number of hydrogen-bond donors (Lipinski definition) is 3. The minimum atomic E-state index is -1.00. The Morgan fingerprint density at radius 1 is 1.09 bits per heavy atom. The third-order valence-electron chi connectivity index (χ3n) is 3.69. The maximum atomic E-state index is 12.2. The number of carboxylic acid groups (broad SMARTS) is 1. The number of rotatable bonds is 3. The highest BCUT2D eigenvalue weighted by atomic mass is 16.4. The molecule has 5 heteroatoms. The summed E-state index contributed by atoms with van der Waals surface area (Å²) < 4.78 is 0. The molecule has 116 valence electrons. The summed E-state index contributed by atoms with van der Waals surface area (Å²) in [6, 6.07) is 15.7. The number of anilines is 2. The van der Waals surface area contributed by atoms with Gasteiger partial charge in [0.2, 0.25) is 5.91 Å². The summed E-state index contributed by atoms with van der Waals surface area (Å²) in [7, 11) is 0. The van der Waals surface area contributed by atoms with Crippen molar-refractivity contribution < 1.29 is 14.7 Å². The summed E-state index contributed by atoms with van der Waals surface area (Å²) in [6.07, 6.45) is 1.80. The van der Waals surface area contributed by atoms with E-state index in [1.165, 1.54) is 6.08 Å². The van der Waals surface area contributed by atoms with Crippen LogP contribution in [0.4, 0.5) is 11.4 Å². The lowest BCUT2D eigenvalue weighted by Gasteiger charge is -2.26. The predicted octanol–water partition coefficient (Wildman–Crippen LogP) is 2.67. The van der Waals surface area contributed by atoms with Crippen molar-refractivity contribution in [3.8, 4) is 0 Å². The Bertz CT molecular complexity index is 769. The molecule has 1 aliphatic heterocycles. The molecule has 0 aromatic heterocycles. The van der Waals surface area contributed by atoms with Gasteiger partial charge in [0, 0.05) is 17.5 Å². The smallest absolute Gasteiger partial charge is 0.330 e. The van der Waals surface area contributed by atoms with Gasteiger partial charge in [-0.05, 0) is 35.8 Å². The second-order valence-corrected chi connectivity index (χ2v) is 5.32. The number of carbonyl (C=O) groups excluding carboxylic acids is 1. The summed E-state index contributed by atoms with van der Waals surface area (Å²) >= 11 is 0. The number of amides is 1. The predicted molar refractivity (Wildman–Crippen MR) is 88.3 cm³/mol. The largest absolute Gasteiger partial charge is 0.479 e. The van der Waals surface area contributed by atoms with Crippen LogP contribution in [0.2, 0.25) is 0 Å². The molecule has 0 aliphatic carbocycles. The SMILES string of the molecule is O=C(/C=C1/Cc2ccccc2NC1C(=O)O)Nc1ccccc1. The summed E-state index contributed by atoms with van der Waals surface area (Å²) in [5.74, 6) is -1.34. The fourth-order valence-corrected chi connectivity index (χ4v) is 2.61. The van der Waals surface area contributed by atoms with Gasteiger partial charge in [-0.2, -0.15) is 0 Å². The van der Waals surface area contributed by atoms with Gasteiger partial charge in [0.15, 0.2) is 0 Å². The first-order valence-corrected chi connectivity index (χ1v) is 7.27. The van der Waals surface area contributed by atoms with Gasteiger partial charge in [-0.15, -0.1) is 0 Å². The van der Waals surface area contributed by atoms with E-state index in [0.717, 1.165) is 11.3 Å². The third-order valence-corrected chi connectivity index (χ3v) is 3.69. The van der Waals surface area contributed by atoms with Gasteiger partial charge < -0.3 is 15.7 Å². The maximum Gasteiger partial charge on any atom is 0.330 e. The third kappa shape index (κ3) is 3.40. The van der Waals surface area contributed by atoms with E-state index in [1.807, 2.05) is 42.5 Å². The van der Waals surface area contributed by atoms with Gasteiger partial charge in [0.05, 0.1) is 0 Å². The second kappa shape index (κ2) is 6.36. The van der Waals surface area contributed by atoms with Crippen molar-refractivity contribution in [2.45, 2.75) is 12.5 Å². The highest BCUT2D eigenvalue weighted by Crippen LogP contribution is 2.28. The number of hydrogen-bond acceptors (Lipinski definition) is 3. The summed E-state index contributed by atoms with van der Waals surface area (Å²) in [5.41, 5.74) is 2.97. The van der Waals surface area contributed by atoms with Crippen molar-refractivity contribution in [3.63, 3.8) is 0 Å². The summed E-state index contributed by atoms with van der Waals surface area (Å²) in [6.45, 7) is 0. The maximum absolute atomic E-state index is 12.2. The molecular formula is C18H16N2O3. The number of carbonyl (C=O) groups is 2. The van der Waals surface area contributed by atoms with E-state index in [4.69, 9.17) is 0 Å². The molecule has 1 aliphatic rings. The Morgan fingerprint density at radius 3 is 2.52 bits per heavy atom. The fraction of sp³-hybridized carbons (Fsp3) is 0.111. The van der Waals surface area contributed by atoms with Crippen LogP contribution in [0.1, 0.15) is 5.56 Å². The van der Waals surface area contributed by atoms with Crippen LogP contribution in [0.3, 0.4) is 0 Å². The number of aliphatic carboxylic acids is 1. The van der Waals surface area contributed by atoms with Crippen LogP contribution in [0, 0.1) is 0 Å². The van der Waals surface area contributed by atoms with Crippen LogP contribution in [0.15, 0.2) is 66.2 Å². The lowest BCUT2D eigenvalue weighted by Crippen LogP contribution is -2.36. The molecule has 3 N–H and O–H groups in total. The zero-order valence-electron chi connectivity index (χ0n) is 12.3. The highest BCUT2D eigenvalue weighted by molar-refractivity contribution is 6.01. The molecule has 0 radical (unpaired) electrons. The highest BCUT2D eigenvalue weighted by Gasteiger charge is 2.28. The Hall–Kier alpha value is -3.08. The van der Waals surface area contributed by atoms with E-state index < -0.39 is 12.0 Å². The van der Waals surface area contributed by atoms with Gasteiger partial charge in [-0.25, -0.2) is 4.79 Å². The van der Waals surface area contributed by atoms with E-state index >= 15 is 0 Å². The standard InChI is InChI=1S/C18H16N2O3/c21-16(19-14-7-2-1-3-8-14)11-13-10-12-6-4-5-9-15(12)20-17(13)18(22)23/h1-9,11,17,20H,10H2,(H,19,21)(H,22,23)/b13-11-. The molecule has 0 saturated carbocycles. The number of nitrogens with one attached hydrogen (secondary N) is 2. The molecule has 1 atom stereocenters. The number of para-hydroxylation sites is 2. The van der Waals surface area contributed by atoms with Crippen LogP contribution < -0.4 is 10.6 Å². The molecule has 23 heavy (non-hydrogen) atoms. The molecule has 3 rings (SSSR count). The number of carboxylic acids is 1. The summed E-state index contributed by atoms with van der Waals surface area (Å²) in [5, 5.41) is 15.1. The number of benzene rings is 2. The van der Waals surface area contributed by atoms with E-state index in [1.54, 1.807) is 12.1 Å². The molecule has 5 nitrogen and oxygen atoms in total. The van der Waals surface area contributed by atoms with E-state index in [2.05, 4.69) is 10.6 Å². The molecule has 0 fully saturated rings. The van der Waals surface area contributed by atoms with Gasteiger partial charge in [0.1, 0.15) is 6.04 Å². The average molecular weight is 308 g/mol. The normalized spacial score (nSPS) is 17.9.